The number of aromatic nitrogens is 2. The summed E-state index contributed by atoms with van der Waals surface area (Å²) in [6.07, 6.45) is -3.17. The number of nitrogens with one attached hydrogen (secondary N) is 3. The molecule has 2 aromatic carbocycles. The molecule has 4 rings (SSSR count). The minimum absolute atomic E-state index is 0. The first-order valence-corrected chi connectivity index (χ1v) is 12.3. The van der Waals surface area contributed by atoms with Crippen LogP contribution >= 0.6 is 12.4 Å². The number of hydrogen-bond donors (Lipinski definition) is 3. The maximum atomic E-state index is 13.3. The van der Waals surface area contributed by atoms with Crippen LogP contribution in [0.15, 0.2) is 48.5 Å². The lowest BCUT2D eigenvalue weighted by molar-refractivity contribution is -0.137. The Morgan fingerprint density at radius 3 is 2.59 bits per heavy atom. The van der Waals surface area contributed by atoms with E-state index in [1.165, 1.54) is 13.2 Å². The predicted octanol–water partition coefficient (Wildman–Crippen LogP) is 5.49. The predicted molar refractivity (Wildman–Crippen MR) is 144 cm³/mol. The van der Waals surface area contributed by atoms with Crippen LogP contribution in [0.5, 0.6) is 5.75 Å². The number of ether oxygens (including phenoxy) is 2. The lowest BCUT2D eigenvalue weighted by Gasteiger charge is -2.26. The number of carbonyl (C=O) groups excluding carboxylic acids is 1. The van der Waals surface area contributed by atoms with Gasteiger partial charge in [-0.05, 0) is 55.6 Å². The molecule has 39 heavy (non-hydrogen) atoms. The Morgan fingerprint density at radius 2 is 1.92 bits per heavy atom. The quantitative estimate of drug-likeness (QED) is 0.332. The van der Waals surface area contributed by atoms with E-state index in [9.17, 15) is 18.0 Å². The van der Waals surface area contributed by atoms with Gasteiger partial charge in [0.05, 0.1) is 19.2 Å². The molecule has 0 radical (unpaired) electrons. The van der Waals surface area contributed by atoms with E-state index in [-0.39, 0.29) is 37.4 Å². The zero-order valence-electron chi connectivity index (χ0n) is 21.6. The molecule has 0 unspecified atom stereocenters. The van der Waals surface area contributed by atoms with Crippen LogP contribution in [0.25, 0.3) is 11.3 Å². The number of carbonyl (C=O) groups is 1. The molecule has 1 aliphatic heterocycles. The van der Waals surface area contributed by atoms with Crippen molar-refractivity contribution in [2.24, 2.45) is 0 Å². The minimum atomic E-state index is -4.51. The van der Waals surface area contributed by atoms with Gasteiger partial charge in [-0.15, -0.1) is 22.6 Å². The highest BCUT2D eigenvalue weighted by Crippen LogP contribution is 2.38. The second-order valence-corrected chi connectivity index (χ2v) is 9.02. The van der Waals surface area contributed by atoms with Crippen molar-refractivity contribution in [3.63, 3.8) is 0 Å². The first-order valence-electron chi connectivity index (χ1n) is 12.3. The van der Waals surface area contributed by atoms with E-state index in [1.54, 1.807) is 6.92 Å². The van der Waals surface area contributed by atoms with Gasteiger partial charge in [0.25, 0.3) is 0 Å². The highest BCUT2D eigenvalue weighted by molar-refractivity contribution is 5.85. The van der Waals surface area contributed by atoms with E-state index < -0.39 is 17.8 Å². The molecule has 1 aromatic heterocycles. The number of anilines is 1. The number of rotatable bonds is 8. The summed E-state index contributed by atoms with van der Waals surface area (Å²) in [5.74, 6) is 0.518. The molecule has 0 spiro atoms. The van der Waals surface area contributed by atoms with Crippen molar-refractivity contribution in [2.45, 2.75) is 45.1 Å². The van der Waals surface area contributed by atoms with Gasteiger partial charge in [0, 0.05) is 23.7 Å². The van der Waals surface area contributed by atoms with Crippen molar-refractivity contribution in [1.82, 2.24) is 20.8 Å². The zero-order valence-corrected chi connectivity index (χ0v) is 22.4. The average Bonchev–Trinajstić information content (AvgIpc) is 2.92. The number of methoxy groups -OCH3 is 1. The summed E-state index contributed by atoms with van der Waals surface area (Å²) < 4.78 is 50.4. The number of nitrogens with zero attached hydrogens (tertiary/aromatic N) is 2. The van der Waals surface area contributed by atoms with E-state index in [1.807, 2.05) is 30.3 Å². The molecule has 1 fully saturated rings. The molecular formula is C27H31ClF3N5O3. The number of piperidine rings is 1. The molecule has 8 nitrogen and oxygen atoms in total. The van der Waals surface area contributed by atoms with E-state index in [0.717, 1.165) is 43.6 Å². The molecule has 3 N–H and O–H groups in total. The largest absolute Gasteiger partial charge is 0.496 e. The summed E-state index contributed by atoms with van der Waals surface area (Å²) in [4.78, 5) is 12.5. The van der Waals surface area contributed by atoms with Crippen LogP contribution in [0, 0.1) is 6.92 Å². The molecule has 0 bridgehead atoms. The van der Waals surface area contributed by atoms with E-state index in [2.05, 4.69) is 26.1 Å². The van der Waals surface area contributed by atoms with Gasteiger partial charge in [-0.25, -0.2) is 4.79 Å². The first kappa shape index (κ1) is 30.0. The number of benzene rings is 2. The Labute approximate surface area is 231 Å². The van der Waals surface area contributed by atoms with Gasteiger partial charge in [-0.1, -0.05) is 30.3 Å². The SMILES string of the molecule is COc1cc(C(F)(F)F)ccc1-c1nnc(N[C@@H]2CCCNC2)c(CNC(=O)OCc2ccccc2)c1C.Cl. The normalized spacial score (nSPS) is 15.2. The molecule has 2 heterocycles. The maximum Gasteiger partial charge on any atom is 0.416 e. The van der Waals surface area contributed by atoms with Crippen molar-refractivity contribution < 1.29 is 27.4 Å². The molecule has 1 aliphatic rings. The molecule has 12 heteroatoms. The summed E-state index contributed by atoms with van der Waals surface area (Å²) in [6.45, 7) is 3.68. The lowest BCUT2D eigenvalue weighted by Crippen LogP contribution is -2.39. The summed E-state index contributed by atoms with van der Waals surface area (Å²) in [6, 6.07) is 12.7. The monoisotopic (exact) mass is 565 g/mol. The van der Waals surface area contributed by atoms with Crippen LogP contribution in [0.2, 0.25) is 0 Å². The Bertz CT molecular complexity index is 1260. The standard InChI is InChI=1S/C27H30F3N5O3.ClH/c1-17-22(15-32-26(36)38-16-18-7-4-3-5-8-18)25(33-20-9-6-12-31-14-20)35-34-24(17)21-11-10-19(27(28,29)30)13-23(21)37-2;/h3-5,7-8,10-11,13,20,31H,6,9,12,14-16H2,1-2H3,(H,32,36)(H,33,35);1H/t20-;/m1./s1. The fourth-order valence-corrected chi connectivity index (χ4v) is 4.31. The third kappa shape index (κ3) is 7.73. The fraction of sp³-hybridized carbons (Fsp3) is 0.370. The number of alkyl halides is 3. The third-order valence-electron chi connectivity index (χ3n) is 6.39. The van der Waals surface area contributed by atoms with Gasteiger partial charge in [-0.2, -0.15) is 13.2 Å². The Kier molecular flexibility index (Phi) is 10.4. The number of hydrogen-bond acceptors (Lipinski definition) is 7. The number of amides is 1. The minimum Gasteiger partial charge on any atom is -0.496 e. The molecule has 1 amide bonds. The number of alkyl carbamates (subject to hydrolysis) is 1. The maximum absolute atomic E-state index is 13.3. The van der Waals surface area contributed by atoms with Crippen molar-refractivity contribution in [1.29, 1.82) is 0 Å². The van der Waals surface area contributed by atoms with Crippen LogP contribution in [-0.4, -0.2) is 42.5 Å². The average molecular weight is 566 g/mol. The second kappa shape index (κ2) is 13.5. The van der Waals surface area contributed by atoms with Crippen LogP contribution < -0.4 is 20.7 Å². The van der Waals surface area contributed by atoms with Crippen LogP contribution in [0.1, 0.15) is 35.1 Å². The summed E-state index contributed by atoms with van der Waals surface area (Å²) >= 11 is 0. The van der Waals surface area contributed by atoms with Gasteiger partial charge < -0.3 is 25.4 Å². The lowest BCUT2D eigenvalue weighted by atomic mass is 10.00. The summed E-state index contributed by atoms with van der Waals surface area (Å²) in [5, 5.41) is 18.2. The van der Waals surface area contributed by atoms with Gasteiger partial charge >= 0.3 is 12.3 Å². The fourth-order valence-electron chi connectivity index (χ4n) is 4.31. The zero-order chi connectivity index (χ0) is 27.1. The highest BCUT2D eigenvalue weighted by atomic mass is 35.5. The molecular weight excluding hydrogens is 535 g/mol. The molecule has 0 saturated carbocycles. The van der Waals surface area contributed by atoms with Gasteiger partial charge in [0.15, 0.2) is 5.82 Å². The van der Waals surface area contributed by atoms with Crippen LogP contribution in [0.3, 0.4) is 0 Å². The molecule has 210 valence electrons. The third-order valence-corrected chi connectivity index (χ3v) is 6.39. The van der Waals surface area contributed by atoms with Gasteiger partial charge in [0.1, 0.15) is 18.1 Å². The van der Waals surface area contributed by atoms with Crippen LogP contribution in [-0.2, 0) is 24.1 Å². The van der Waals surface area contributed by atoms with Crippen molar-refractivity contribution in [3.05, 3.63) is 70.8 Å². The summed E-state index contributed by atoms with van der Waals surface area (Å²) in [5.41, 5.74) is 2.05. The molecule has 3 aromatic rings. The summed E-state index contributed by atoms with van der Waals surface area (Å²) in [7, 11) is 1.30. The van der Waals surface area contributed by atoms with Gasteiger partial charge in [0.2, 0.25) is 0 Å². The van der Waals surface area contributed by atoms with Crippen molar-refractivity contribution >= 4 is 24.3 Å². The van der Waals surface area contributed by atoms with Gasteiger partial charge in [-0.3, -0.25) is 0 Å². The molecule has 1 saturated heterocycles. The van der Waals surface area contributed by atoms with Crippen LogP contribution in [0.4, 0.5) is 23.8 Å². The van der Waals surface area contributed by atoms with E-state index in [4.69, 9.17) is 9.47 Å². The number of halogens is 4. The molecule has 0 aliphatic carbocycles. The smallest absolute Gasteiger partial charge is 0.416 e. The van der Waals surface area contributed by atoms with Crippen molar-refractivity contribution in [3.8, 4) is 17.0 Å². The highest BCUT2D eigenvalue weighted by Gasteiger charge is 2.32. The van der Waals surface area contributed by atoms with E-state index in [0.29, 0.717) is 28.2 Å². The Balaban J connectivity index is 0.00000420. The van der Waals surface area contributed by atoms with E-state index >= 15 is 0 Å². The second-order valence-electron chi connectivity index (χ2n) is 9.02. The van der Waals surface area contributed by atoms with Crippen molar-refractivity contribution in [2.75, 3.05) is 25.5 Å². The Hall–Kier alpha value is -3.57. The topological polar surface area (TPSA) is 97.4 Å². The first-order chi connectivity index (χ1) is 18.3. The Morgan fingerprint density at radius 1 is 1.15 bits per heavy atom. The molecule has 1 atom stereocenters.